The lowest BCUT2D eigenvalue weighted by Crippen LogP contribution is -2.28. The maximum Gasteiger partial charge on any atom is 0.169 e. The van der Waals surface area contributed by atoms with E-state index in [4.69, 9.17) is 4.74 Å². The third kappa shape index (κ3) is 2.72. The number of hydrogen-bond donors (Lipinski definition) is 0. The minimum absolute atomic E-state index is 0.258. The van der Waals surface area contributed by atoms with Gasteiger partial charge in [-0.3, -0.25) is 0 Å². The molecular formula is C11H13BrN2O. The molecule has 3 nitrogen and oxygen atoms in total. The van der Waals surface area contributed by atoms with Crippen molar-refractivity contribution in [3.05, 3.63) is 28.7 Å². The van der Waals surface area contributed by atoms with Crippen LogP contribution >= 0.6 is 15.9 Å². The lowest BCUT2D eigenvalue weighted by molar-refractivity contribution is 0.329. The molecule has 1 heterocycles. The first-order chi connectivity index (χ1) is 7.25. The average molecular weight is 269 g/mol. The molecule has 1 aromatic carbocycles. The SMILES string of the molecule is CN(CC1COC=N1)c1cccc(Br)c1. The molecule has 1 aromatic rings. The van der Waals surface area contributed by atoms with Gasteiger partial charge in [0.05, 0.1) is 0 Å². The van der Waals surface area contributed by atoms with Crippen molar-refractivity contribution in [1.82, 2.24) is 0 Å². The second-order valence-electron chi connectivity index (χ2n) is 3.60. The van der Waals surface area contributed by atoms with E-state index in [1.165, 1.54) is 5.69 Å². The molecule has 80 valence electrons. The van der Waals surface area contributed by atoms with Gasteiger partial charge in [-0.25, -0.2) is 4.99 Å². The number of nitrogens with zero attached hydrogens (tertiary/aromatic N) is 2. The second kappa shape index (κ2) is 4.66. The fraction of sp³-hybridized carbons (Fsp3) is 0.364. The zero-order valence-corrected chi connectivity index (χ0v) is 10.1. The van der Waals surface area contributed by atoms with Crippen molar-refractivity contribution in [2.75, 3.05) is 25.1 Å². The molecule has 1 aliphatic heterocycles. The summed E-state index contributed by atoms with van der Waals surface area (Å²) < 4.78 is 6.19. The van der Waals surface area contributed by atoms with Crippen LogP contribution in [0, 0.1) is 0 Å². The Morgan fingerprint density at radius 3 is 3.13 bits per heavy atom. The first kappa shape index (κ1) is 10.5. The Labute approximate surface area is 97.9 Å². The molecule has 0 saturated heterocycles. The summed E-state index contributed by atoms with van der Waals surface area (Å²) in [5.41, 5.74) is 1.19. The zero-order valence-electron chi connectivity index (χ0n) is 8.56. The van der Waals surface area contributed by atoms with Crippen LogP contribution in [0.5, 0.6) is 0 Å². The van der Waals surface area contributed by atoms with Gasteiger partial charge >= 0.3 is 0 Å². The number of benzene rings is 1. The third-order valence-corrected chi connectivity index (χ3v) is 2.86. The van der Waals surface area contributed by atoms with Gasteiger partial charge in [0.25, 0.3) is 0 Å². The monoisotopic (exact) mass is 268 g/mol. The van der Waals surface area contributed by atoms with Crippen LogP contribution in [0.4, 0.5) is 5.69 Å². The summed E-state index contributed by atoms with van der Waals surface area (Å²) in [7, 11) is 2.07. The highest BCUT2D eigenvalue weighted by Crippen LogP contribution is 2.19. The van der Waals surface area contributed by atoms with E-state index in [0.717, 1.165) is 11.0 Å². The van der Waals surface area contributed by atoms with Crippen LogP contribution < -0.4 is 4.90 Å². The van der Waals surface area contributed by atoms with Crippen molar-refractivity contribution in [3.8, 4) is 0 Å². The molecule has 0 spiro atoms. The molecule has 4 heteroatoms. The molecule has 0 N–H and O–H groups in total. The van der Waals surface area contributed by atoms with Crippen molar-refractivity contribution in [2.45, 2.75) is 6.04 Å². The topological polar surface area (TPSA) is 24.8 Å². The minimum Gasteiger partial charge on any atom is -0.481 e. The van der Waals surface area contributed by atoms with Crippen LogP contribution in [0.3, 0.4) is 0 Å². The molecule has 1 aliphatic rings. The summed E-state index contributed by atoms with van der Waals surface area (Å²) >= 11 is 3.46. The largest absolute Gasteiger partial charge is 0.481 e. The van der Waals surface area contributed by atoms with Crippen molar-refractivity contribution in [3.63, 3.8) is 0 Å². The van der Waals surface area contributed by atoms with Crippen molar-refractivity contribution < 1.29 is 4.74 Å². The fourth-order valence-corrected chi connectivity index (χ4v) is 1.95. The molecule has 1 unspecified atom stereocenters. The fourth-order valence-electron chi connectivity index (χ4n) is 1.56. The summed E-state index contributed by atoms with van der Waals surface area (Å²) in [6.45, 7) is 1.57. The normalized spacial score (nSPS) is 18.9. The van der Waals surface area contributed by atoms with Crippen LogP contribution in [0.25, 0.3) is 0 Å². The van der Waals surface area contributed by atoms with E-state index in [0.29, 0.717) is 6.61 Å². The van der Waals surface area contributed by atoms with E-state index in [-0.39, 0.29) is 6.04 Å². The zero-order chi connectivity index (χ0) is 10.7. The molecule has 0 fully saturated rings. The molecule has 0 aromatic heterocycles. The number of likely N-dealkylation sites (N-methyl/N-ethyl adjacent to an activating group) is 1. The van der Waals surface area contributed by atoms with Gasteiger partial charge in [0, 0.05) is 23.8 Å². The van der Waals surface area contributed by atoms with E-state index in [9.17, 15) is 0 Å². The smallest absolute Gasteiger partial charge is 0.169 e. The van der Waals surface area contributed by atoms with E-state index in [1.807, 2.05) is 12.1 Å². The van der Waals surface area contributed by atoms with E-state index < -0.39 is 0 Å². The summed E-state index contributed by atoms with van der Waals surface area (Å²) in [4.78, 5) is 6.40. The number of halogens is 1. The second-order valence-corrected chi connectivity index (χ2v) is 4.52. The third-order valence-electron chi connectivity index (χ3n) is 2.37. The summed E-state index contributed by atoms with van der Waals surface area (Å²) in [6, 6.07) is 8.50. The molecule has 0 aliphatic carbocycles. The molecule has 15 heavy (non-hydrogen) atoms. The van der Waals surface area contributed by atoms with Crippen LogP contribution in [-0.4, -0.2) is 32.6 Å². The number of hydrogen-bond acceptors (Lipinski definition) is 3. The number of aliphatic imine (C=N–C) groups is 1. The number of ether oxygens (including phenoxy) is 1. The van der Waals surface area contributed by atoms with Gasteiger partial charge < -0.3 is 9.64 Å². The van der Waals surface area contributed by atoms with Gasteiger partial charge in [0.2, 0.25) is 0 Å². The van der Waals surface area contributed by atoms with Crippen molar-refractivity contribution >= 4 is 28.0 Å². The van der Waals surface area contributed by atoms with Crippen LogP contribution in [0.15, 0.2) is 33.7 Å². The Morgan fingerprint density at radius 2 is 2.47 bits per heavy atom. The highest BCUT2D eigenvalue weighted by Gasteiger charge is 2.14. The first-order valence-electron chi connectivity index (χ1n) is 4.85. The average Bonchev–Trinajstić information content (AvgIpc) is 2.70. The van der Waals surface area contributed by atoms with Crippen molar-refractivity contribution in [1.29, 1.82) is 0 Å². The van der Waals surface area contributed by atoms with E-state index >= 15 is 0 Å². The lowest BCUT2D eigenvalue weighted by Gasteiger charge is -2.21. The van der Waals surface area contributed by atoms with Gasteiger partial charge in [-0.2, -0.15) is 0 Å². The molecular weight excluding hydrogens is 256 g/mol. The highest BCUT2D eigenvalue weighted by molar-refractivity contribution is 9.10. The standard InChI is InChI=1S/C11H13BrN2O/c1-14(6-10-7-15-8-13-10)11-4-2-3-9(12)5-11/h2-5,8,10H,6-7H2,1H3. The van der Waals surface area contributed by atoms with Crippen molar-refractivity contribution in [2.24, 2.45) is 4.99 Å². The molecule has 0 saturated carbocycles. The van der Waals surface area contributed by atoms with Gasteiger partial charge in [-0.15, -0.1) is 0 Å². The molecule has 0 bridgehead atoms. The van der Waals surface area contributed by atoms with Gasteiger partial charge in [-0.05, 0) is 18.2 Å². The maximum atomic E-state index is 5.09. The Kier molecular flexibility index (Phi) is 3.26. The Morgan fingerprint density at radius 1 is 1.60 bits per heavy atom. The molecule has 2 rings (SSSR count). The van der Waals surface area contributed by atoms with Crippen LogP contribution in [0.2, 0.25) is 0 Å². The van der Waals surface area contributed by atoms with Gasteiger partial charge in [0.1, 0.15) is 12.6 Å². The predicted molar refractivity (Wildman–Crippen MR) is 65.6 cm³/mol. The lowest BCUT2D eigenvalue weighted by atomic mass is 10.2. The quantitative estimate of drug-likeness (QED) is 0.841. The van der Waals surface area contributed by atoms with Gasteiger partial charge in [-0.1, -0.05) is 22.0 Å². The Bertz CT molecular complexity index is 367. The van der Waals surface area contributed by atoms with Crippen LogP contribution in [0.1, 0.15) is 0 Å². The summed E-state index contributed by atoms with van der Waals surface area (Å²) in [6.07, 6.45) is 1.54. The maximum absolute atomic E-state index is 5.09. The summed E-state index contributed by atoms with van der Waals surface area (Å²) in [5, 5.41) is 0. The molecule has 0 radical (unpaired) electrons. The van der Waals surface area contributed by atoms with E-state index in [1.54, 1.807) is 6.40 Å². The highest BCUT2D eigenvalue weighted by atomic mass is 79.9. The van der Waals surface area contributed by atoms with Crippen LogP contribution in [-0.2, 0) is 4.74 Å². The molecule has 1 atom stereocenters. The Hall–Kier alpha value is -1.03. The van der Waals surface area contributed by atoms with E-state index in [2.05, 4.69) is 45.0 Å². The van der Waals surface area contributed by atoms with Gasteiger partial charge in [0.15, 0.2) is 6.40 Å². The predicted octanol–water partition coefficient (Wildman–Crippen LogP) is 2.31. The number of anilines is 1. The summed E-state index contributed by atoms with van der Waals surface area (Å²) in [5.74, 6) is 0. The first-order valence-corrected chi connectivity index (χ1v) is 5.65. The number of rotatable bonds is 3. The Balaban J connectivity index is 2.00. The minimum atomic E-state index is 0.258. The molecule has 0 amide bonds.